The third kappa shape index (κ3) is 5.66. The van der Waals surface area contributed by atoms with Gasteiger partial charge in [0.25, 0.3) is 5.78 Å². The Morgan fingerprint density at radius 2 is 1.95 bits per heavy atom. The van der Waals surface area contributed by atoms with Gasteiger partial charge in [0, 0.05) is 11.6 Å². The van der Waals surface area contributed by atoms with E-state index in [4.69, 9.17) is 0 Å². The molecule has 0 saturated heterocycles. The molecule has 21 heavy (non-hydrogen) atoms. The molecule has 0 amide bonds. The summed E-state index contributed by atoms with van der Waals surface area (Å²) in [6, 6.07) is 3.75. The topological polar surface area (TPSA) is 63.6 Å². The third-order valence-corrected chi connectivity index (χ3v) is 2.23. The van der Waals surface area contributed by atoms with E-state index in [0.29, 0.717) is 12.1 Å². The molecule has 0 fully saturated rings. The zero-order valence-electron chi connectivity index (χ0n) is 10.4. The van der Waals surface area contributed by atoms with Gasteiger partial charge in [0.1, 0.15) is 5.76 Å². The van der Waals surface area contributed by atoms with Crippen LogP contribution in [0.25, 0.3) is 5.76 Å². The Morgan fingerprint density at radius 3 is 2.48 bits per heavy atom. The van der Waals surface area contributed by atoms with Crippen LogP contribution in [0, 0.1) is 0 Å². The van der Waals surface area contributed by atoms with Crippen LogP contribution in [0.2, 0.25) is 0 Å². The molecule has 1 rings (SSSR count). The second-order valence-corrected chi connectivity index (χ2v) is 3.69. The number of esters is 1. The number of aliphatic hydroxyl groups excluding tert-OH is 1. The number of aliphatic hydroxyl groups is 1. The van der Waals surface area contributed by atoms with Crippen molar-refractivity contribution in [1.29, 1.82) is 0 Å². The van der Waals surface area contributed by atoms with E-state index < -0.39 is 29.3 Å². The minimum absolute atomic E-state index is 0. The Bertz CT molecular complexity index is 553. The third-order valence-electron chi connectivity index (χ3n) is 2.23. The van der Waals surface area contributed by atoms with Crippen LogP contribution in [-0.2, 0) is 20.5 Å². The van der Waals surface area contributed by atoms with Crippen molar-refractivity contribution >= 4 is 36.4 Å². The number of hydrogen-bond acceptors (Lipinski definition) is 4. The molecule has 0 aliphatic rings. The molecule has 0 radical (unpaired) electrons. The molecule has 0 spiro atoms. The van der Waals surface area contributed by atoms with Crippen molar-refractivity contribution < 1.29 is 32.6 Å². The number of ether oxygens (including phenoxy) is 1. The monoisotopic (exact) mass is 296 g/mol. The van der Waals surface area contributed by atoms with E-state index >= 15 is 0 Å². The van der Waals surface area contributed by atoms with Crippen LogP contribution in [0.4, 0.5) is 13.2 Å². The molecule has 0 aromatic heterocycles. The van der Waals surface area contributed by atoms with E-state index in [0.717, 1.165) is 12.1 Å². The van der Waals surface area contributed by atoms with Crippen LogP contribution in [0.3, 0.4) is 0 Å². The van der Waals surface area contributed by atoms with Crippen LogP contribution in [0.15, 0.2) is 30.3 Å². The minimum atomic E-state index is -4.57. The van der Waals surface area contributed by atoms with E-state index in [9.17, 15) is 27.9 Å². The maximum atomic E-state index is 12.5. The van der Waals surface area contributed by atoms with Gasteiger partial charge >= 0.3 is 31.0 Å². The van der Waals surface area contributed by atoms with Gasteiger partial charge in [-0.05, 0) is 19.1 Å². The first-order valence-corrected chi connectivity index (χ1v) is 5.55. The van der Waals surface area contributed by atoms with E-state index in [1.54, 1.807) is 0 Å². The van der Waals surface area contributed by atoms with Crippen molar-refractivity contribution in [1.82, 2.24) is 0 Å². The van der Waals surface area contributed by atoms with Gasteiger partial charge in [0.15, 0.2) is 0 Å². The fourth-order valence-electron chi connectivity index (χ4n) is 1.32. The second-order valence-electron chi connectivity index (χ2n) is 3.69. The van der Waals surface area contributed by atoms with Gasteiger partial charge in [0.2, 0.25) is 0 Å². The Hall–Kier alpha value is -1.71. The summed E-state index contributed by atoms with van der Waals surface area (Å²) in [7, 11) is 0. The van der Waals surface area contributed by atoms with E-state index in [2.05, 4.69) is 4.74 Å². The number of rotatable bonds is 4. The summed E-state index contributed by atoms with van der Waals surface area (Å²) in [4.78, 5) is 22.3. The summed E-state index contributed by atoms with van der Waals surface area (Å²) >= 11 is 0. The molecule has 0 aliphatic heterocycles. The van der Waals surface area contributed by atoms with Gasteiger partial charge in [-0.3, -0.25) is 4.79 Å². The molecule has 1 N–H and O–H groups in total. The van der Waals surface area contributed by atoms with E-state index in [1.165, 1.54) is 13.0 Å². The van der Waals surface area contributed by atoms with Crippen molar-refractivity contribution in [3.63, 3.8) is 0 Å². The Balaban J connectivity index is 0.00000400. The molecule has 0 saturated carbocycles. The molecule has 110 valence electrons. The predicted octanol–water partition coefficient (Wildman–Crippen LogP) is 2.09. The van der Waals surface area contributed by atoms with E-state index in [-0.39, 0.29) is 31.0 Å². The van der Waals surface area contributed by atoms with Gasteiger partial charge in [-0.1, -0.05) is 12.1 Å². The number of carbonyl (C=O) groups excluding carboxylic acids is 2. The number of hydrogen-bond donors (Lipinski definition) is 1. The van der Waals surface area contributed by atoms with Crippen LogP contribution in [0.5, 0.6) is 0 Å². The van der Waals surface area contributed by atoms with Gasteiger partial charge < -0.3 is 9.84 Å². The number of alkyl halides is 3. The molecule has 0 bridgehead atoms. The van der Waals surface area contributed by atoms with Crippen molar-refractivity contribution in [2.75, 3.05) is 6.61 Å². The summed E-state index contributed by atoms with van der Waals surface area (Å²) in [5.74, 6) is -3.08. The summed E-state index contributed by atoms with van der Waals surface area (Å²) in [6.45, 7) is 1.46. The molecule has 8 heteroatoms. The Morgan fingerprint density at radius 1 is 1.33 bits per heavy atom. The van der Waals surface area contributed by atoms with Crippen LogP contribution in [-0.4, -0.2) is 42.3 Å². The van der Waals surface area contributed by atoms with Gasteiger partial charge in [-0.25, -0.2) is 4.79 Å². The molecule has 4 nitrogen and oxygen atoms in total. The SMILES string of the molecule is CCOC(=O)C(=O)C=C(O)c1cccc(C(F)(F)F)c1.[LiH]. The van der Waals surface area contributed by atoms with Gasteiger partial charge in [0.05, 0.1) is 12.2 Å². The van der Waals surface area contributed by atoms with Crippen molar-refractivity contribution in [3.05, 3.63) is 41.5 Å². The first-order chi connectivity index (χ1) is 9.25. The van der Waals surface area contributed by atoms with Crippen LogP contribution in [0.1, 0.15) is 18.1 Å². The normalized spacial score (nSPS) is 11.5. The average molecular weight is 296 g/mol. The second kappa shape index (κ2) is 7.91. The van der Waals surface area contributed by atoms with Crippen LogP contribution < -0.4 is 0 Å². The molecule has 0 heterocycles. The molecule has 1 aromatic carbocycles. The molecule has 1 aromatic rings. The summed E-state index contributed by atoms with van der Waals surface area (Å²) in [5.41, 5.74) is -1.20. The Labute approximate surface area is 130 Å². The van der Waals surface area contributed by atoms with Crippen LogP contribution >= 0.6 is 0 Å². The zero-order chi connectivity index (χ0) is 15.3. The summed E-state index contributed by atoms with van der Waals surface area (Å²) in [6.07, 6.45) is -4.05. The van der Waals surface area contributed by atoms with Gasteiger partial charge in [-0.2, -0.15) is 13.2 Å². The molecule has 0 unspecified atom stereocenters. The Kier molecular flexibility index (Phi) is 7.26. The standard InChI is InChI=1S/C13H11F3O4.Li.H/c1-2-20-12(19)11(18)7-10(17)8-4-3-5-9(6-8)13(14,15)16;;/h3-7,17H,2H2,1H3;;. The summed E-state index contributed by atoms with van der Waals surface area (Å²) < 4.78 is 41.8. The zero-order valence-corrected chi connectivity index (χ0v) is 10.4. The first kappa shape index (κ1) is 19.3. The number of carbonyl (C=O) groups is 2. The number of ketones is 1. The number of benzene rings is 1. The molecule has 0 atom stereocenters. The van der Waals surface area contributed by atoms with Crippen molar-refractivity contribution in [2.24, 2.45) is 0 Å². The predicted molar refractivity (Wildman–Crippen MR) is 70.8 cm³/mol. The van der Waals surface area contributed by atoms with Gasteiger partial charge in [-0.15, -0.1) is 0 Å². The van der Waals surface area contributed by atoms with Crippen molar-refractivity contribution in [2.45, 2.75) is 13.1 Å². The molecule has 0 aliphatic carbocycles. The quantitative estimate of drug-likeness (QED) is 0.304. The fourth-order valence-corrected chi connectivity index (χ4v) is 1.32. The maximum absolute atomic E-state index is 12.5. The molecular weight excluding hydrogens is 284 g/mol. The average Bonchev–Trinajstić information content (AvgIpc) is 2.38. The van der Waals surface area contributed by atoms with Crippen molar-refractivity contribution in [3.8, 4) is 0 Å². The fraction of sp³-hybridized carbons (Fsp3) is 0.231. The number of halogens is 3. The molecular formula is C13H12F3LiO4. The van der Waals surface area contributed by atoms with E-state index in [1.807, 2.05) is 0 Å². The summed E-state index contributed by atoms with van der Waals surface area (Å²) in [5, 5.41) is 9.56. The first-order valence-electron chi connectivity index (χ1n) is 5.55.